The van der Waals surface area contributed by atoms with Crippen molar-refractivity contribution in [3.8, 4) is 0 Å². The molecule has 0 aromatic heterocycles. The summed E-state index contributed by atoms with van der Waals surface area (Å²) in [5, 5.41) is 0. The molecule has 2 aromatic carbocycles. The Labute approximate surface area is 103 Å². The van der Waals surface area contributed by atoms with E-state index in [1.165, 1.54) is 11.1 Å². The minimum atomic E-state index is -0.825. The summed E-state index contributed by atoms with van der Waals surface area (Å²) in [6.45, 7) is 4.45. The van der Waals surface area contributed by atoms with Crippen molar-refractivity contribution in [1.82, 2.24) is 0 Å². The van der Waals surface area contributed by atoms with Crippen molar-refractivity contribution >= 4 is 6.64 Å². The van der Waals surface area contributed by atoms with E-state index >= 15 is 0 Å². The maximum absolute atomic E-state index is 2.30. The molecule has 0 aliphatic rings. The Morgan fingerprint density at radius 2 is 1.07 bits per heavy atom. The van der Waals surface area contributed by atoms with Crippen molar-refractivity contribution in [2.45, 2.75) is 13.8 Å². The summed E-state index contributed by atoms with van der Waals surface area (Å²) in [5.74, 6) is 0. The third kappa shape index (κ3) is 2.66. The van der Waals surface area contributed by atoms with Crippen LogP contribution in [-0.4, -0.2) is 0 Å². The van der Waals surface area contributed by atoms with E-state index in [0.29, 0.717) is 0 Å². The Morgan fingerprint density at radius 1 is 0.667 bits per heavy atom. The van der Waals surface area contributed by atoms with E-state index in [-0.39, 0.29) is 0 Å². The predicted octanol–water partition coefficient (Wildman–Crippen LogP) is 2.34. The Hall–Kier alpha value is -0.690. The van der Waals surface area contributed by atoms with Crippen LogP contribution >= 0.6 is 0 Å². The van der Waals surface area contributed by atoms with E-state index in [0.717, 1.165) is 0 Å². The van der Waals surface area contributed by atoms with Crippen molar-refractivity contribution in [3.63, 3.8) is 0 Å². The number of aryl methyl sites for hydroxylation is 2. The summed E-state index contributed by atoms with van der Waals surface area (Å²) >= 11 is -0.825. The Bertz CT molecular complexity index is 417. The second-order valence-electron chi connectivity index (χ2n) is 3.75. The number of benzene rings is 2. The van der Waals surface area contributed by atoms with E-state index < -0.39 is 22.9 Å². The molecule has 0 saturated heterocycles. The number of rotatable bonds is 2. The van der Waals surface area contributed by atoms with E-state index in [9.17, 15) is 0 Å². The SMILES string of the molecule is Cc1cccc[c]1[Hf][c]1ccccc1C. The van der Waals surface area contributed by atoms with Gasteiger partial charge >= 0.3 is 103 Å². The maximum atomic E-state index is 2.30. The van der Waals surface area contributed by atoms with Gasteiger partial charge in [0.25, 0.3) is 0 Å². The number of hydrogen-bond acceptors (Lipinski definition) is 0. The van der Waals surface area contributed by atoms with Crippen molar-refractivity contribution in [1.29, 1.82) is 0 Å². The molecule has 0 spiro atoms. The first kappa shape index (κ1) is 10.8. The summed E-state index contributed by atoms with van der Waals surface area (Å²) < 4.78 is 3.23. The normalized spacial score (nSPS) is 10.0. The second kappa shape index (κ2) is 4.89. The van der Waals surface area contributed by atoms with Gasteiger partial charge in [-0.3, -0.25) is 0 Å². The zero-order chi connectivity index (χ0) is 10.7. The molecule has 0 unspecified atom stereocenters. The third-order valence-corrected chi connectivity index (χ3v) is 8.53. The van der Waals surface area contributed by atoms with Crippen LogP contribution in [0.4, 0.5) is 0 Å². The van der Waals surface area contributed by atoms with Crippen LogP contribution in [0.3, 0.4) is 0 Å². The molecule has 0 fully saturated rings. The molecule has 0 saturated carbocycles. The van der Waals surface area contributed by atoms with Gasteiger partial charge < -0.3 is 0 Å². The fourth-order valence-corrected chi connectivity index (χ4v) is 5.92. The molecule has 15 heavy (non-hydrogen) atoms. The monoisotopic (exact) mass is 362 g/mol. The molecular formula is C14H14Hf. The van der Waals surface area contributed by atoms with E-state index in [1.807, 2.05) is 0 Å². The summed E-state index contributed by atoms with van der Waals surface area (Å²) in [6.07, 6.45) is 0. The molecule has 0 heterocycles. The van der Waals surface area contributed by atoms with Gasteiger partial charge in [0.1, 0.15) is 0 Å². The summed E-state index contributed by atoms with van der Waals surface area (Å²) in [6, 6.07) is 17.6. The van der Waals surface area contributed by atoms with Gasteiger partial charge in [-0.1, -0.05) is 0 Å². The van der Waals surface area contributed by atoms with Gasteiger partial charge in [-0.05, 0) is 0 Å². The molecule has 0 aliphatic carbocycles. The van der Waals surface area contributed by atoms with Crippen LogP contribution in [0, 0.1) is 13.8 Å². The molecule has 0 bridgehead atoms. The Balaban J connectivity index is 2.30. The standard InChI is InChI=1S/2C7H7.Hf/c2*1-7-5-3-2-4-6-7;/h2*2-5H,1H3;. The average Bonchev–Trinajstić information content (AvgIpc) is 2.24. The molecule has 0 nitrogen and oxygen atoms in total. The molecular weight excluding hydrogens is 347 g/mol. The fraction of sp³-hybridized carbons (Fsp3) is 0.143. The van der Waals surface area contributed by atoms with Crippen molar-refractivity contribution in [3.05, 3.63) is 59.7 Å². The third-order valence-electron chi connectivity index (χ3n) is 2.56. The second-order valence-corrected chi connectivity index (χ2v) is 8.52. The van der Waals surface area contributed by atoms with E-state index in [1.54, 1.807) is 6.64 Å². The van der Waals surface area contributed by atoms with Gasteiger partial charge in [0.05, 0.1) is 0 Å². The van der Waals surface area contributed by atoms with Gasteiger partial charge in [0, 0.05) is 0 Å². The van der Waals surface area contributed by atoms with Gasteiger partial charge in [0.2, 0.25) is 0 Å². The molecule has 0 aliphatic heterocycles. The minimum absolute atomic E-state index is 0.825. The van der Waals surface area contributed by atoms with E-state index in [2.05, 4.69) is 62.4 Å². The van der Waals surface area contributed by atoms with Crippen LogP contribution in [0.25, 0.3) is 0 Å². The molecule has 0 radical (unpaired) electrons. The average molecular weight is 361 g/mol. The molecule has 2 aromatic rings. The van der Waals surface area contributed by atoms with Crippen LogP contribution in [0.1, 0.15) is 11.1 Å². The van der Waals surface area contributed by atoms with Crippen LogP contribution in [-0.2, 0) is 22.9 Å². The van der Waals surface area contributed by atoms with Gasteiger partial charge in [-0.25, -0.2) is 0 Å². The van der Waals surface area contributed by atoms with Crippen LogP contribution in [0.2, 0.25) is 0 Å². The van der Waals surface area contributed by atoms with Gasteiger partial charge in [0.15, 0.2) is 0 Å². The van der Waals surface area contributed by atoms with Crippen LogP contribution in [0.5, 0.6) is 0 Å². The first-order chi connectivity index (χ1) is 7.27. The van der Waals surface area contributed by atoms with Crippen molar-refractivity contribution in [2.24, 2.45) is 0 Å². The Kier molecular flexibility index (Phi) is 3.53. The molecule has 0 atom stereocenters. The van der Waals surface area contributed by atoms with Crippen LogP contribution < -0.4 is 6.64 Å². The predicted molar refractivity (Wildman–Crippen MR) is 61.6 cm³/mol. The molecule has 1 heteroatoms. The first-order valence-corrected chi connectivity index (χ1v) is 8.75. The molecule has 0 amide bonds. The number of hydrogen-bond donors (Lipinski definition) is 0. The zero-order valence-electron chi connectivity index (χ0n) is 9.12. The first-order valence-electron chi connectivity index (χ1n) is 5.15. The topological polar surface area (TPSA) is 0 Å². The van der Waals surface area contributed by atoms with Gasteiger partial charge in [-0.2, -0.15) is 0 Å². The van der Waals surface area contributed by atoms with Crippen molar-refractivity contribution < 1.29 is 22.9 Å². The molecule has 0 N–H and O–H groups in total. The van der Waals surface area contributed by atoms with E-state index in [4.69, 9.17) is 0 Å². The van der Waals surface area contributed by atoms with Crippen molar-refractivity contribution in [2.75, 3.05) is 0 Å². The summed E-state index contributed by atoms with van der Waals surface area (Å²) in [5.41, 5.74) is 2.92. The molecule has 2 rings (SSSR count). The quantitative estimate of drug-likeness (QED) is 0.721. The summed E-state index contributed by atoms with van der Waals surface area (Å²) in [7, 11) is 0. The molecule has 74 valence electrons. The zero-order valence-corrected chi connectivity index (χ0v) is 12.7. The van der Waals surface area contributed by atoms with Gasteiger partial charge in [-0.15, -0.1) is 0 Å². The Morgan fingerprint density at radius 3 is 1.47 bits per heavy atom. The fourth-order valence-electron chi connectivity index (χ4n) is 1.57. The van der Waals surface area contributed by atoms with Crippen LogP contribution in [0.15, 0.2) is 48.5 Å². The summed E-state index contributed by atoms with van der Waals surface area (Å²) in [4.78, 5) is 0.